The van der Waals surface area contributed by atoms with Crippen molar-refractivity contribution in [3.63, 3.8) is 0 Å². The van der Waals surface area contributed by atoms with Gasteiger partial charge in [0.15, 0.2) is 0 Å². The van der Waals surface area contributed by atoms with E-state index in [1.165, 1.54) is 24.3 Å². The minimum Gasteiger partial charge on any atom is -0.388 e. The minimum atomic E-state index is -2.66. The number of hydrogen-bond donors (Lipinski definition) is 0. The molecule has 1 aromatic carbocycles. The molecule has 1 amide bonds. The quantitative estimate of drug-likeness (QED) is 0.772. The lowest BCUT2D eigenvalue weighted by Crippen LogP contribution is -2.39. The lowest BCUT2D eigenvalue weighted by molar-refractivity contribution is -0.134. The van der Waals surface area contributed by atoms with Gasteiger partial charge in [0.25, 0.3) is 6.43 Å². The van der Waals surface area contributed by atoms with Gasteiger partial charge in [-0.1, -0.05) is 6.92 Å². The molecule has 1 heterocycles. The number of aromatic nitrogens is 2. The third-order valence-electron chi connectivity index (χ3n) is 3.19. The van der Waals surface area contributed by atoms with Crippen LogP contribution in [0.15, 0.2) is 33.5 Å². The fourth-order valence-corrected chi connectivity index (χ4v) is 2.10. The molecule has 0 saturated heterocycles. The number of nitrogens with zero attached hydrogens (tertiary/aromatic N) is 3. The van der Waals surface area contributed by atoms with Crippen LogP contribution in [-0.2, 0) is 11.3 Å². The lowest BCUT2D eigenvalue weighted by atomic mass is 10.2. The van der Waals surface area contributed by atoms with E-state index in [1.54, 1.807) is 6.92 Å². The van der Waals surface area contributed by atoms with Crippen LogP contribution in [0, 0.1) is 5.82 Å². The molecule has 0 N–H and O–H groups in total. The highest BCUT2D eigenvalue weighted by Gasteiger charge is 2.20. The van der Waals surface area contributed by atoms with Crippen LogP contribution in [-0.4, -0.2) is 40.1 Å². The van der Waals surface area contributed by atoms with Crippen LogP contribution in [0.3, 0.4) is 0 Å². The van der Waals surface area contributed by atoms with Crippen molar-refractivity contribution in [3.05, 3.63) is 40.6 Å². The Labute approximate surface area is 135 Å². The molecule has 0 aliphatic heterocycles. The second-order valence-corrected chi connectivity index (χ2v) is 5.07. The Hall–Kier alpha value is -2.58. The molecule has 2 rings (SSSR count). The van der Waals surface area contributed by atoms with Crippen LogP contribution in [0.25, 0.3) is 11.5 Å². The van der Waals surface area contributed by atoms with Gasteiger partial charge in [0.2, 0.25) is 11.8 Å². The Bertz CT molecular complexity index is 740. The zero-order valence-electron chi connectivity index (χ0n) is 12.9. The Balaban J connectivity index is 2.16. The molecule has 0 bridgehead atoms. The second-order valence-electron chi connectivity index (χ2n) is 5.07. The van der Waals surface area contributed by atoms with E-state index < -0.39 is 37.0 Å². The van der Waals surface area contributed by atoms with E-state index >= 15 is 0 Å². The second kappa shape index (κ2) is 7.80. The molecular weight excluding hydrogens is 327 g/mol. The van der Waals surface area contributed by atoms with E-state index in [-0.39, 0.29) is 12.4 Å². The SMILES string of the molecule is CCCN(CC(F)F)C(=O)Cn1nc(-c2ccc(F)cc2)oc1=O. The summed E-state index contributed by atoms with van der Waals surface area (Å²) >= 11 is 0. The first kappa shape index (κ1) is 17.8. The Kier molecular flexibility index (Phi) is 5.78. The summed E-state index contributed by atoms with van der Waals surface area (Å²) in [5.74, 6) is -2.09. The maximum absolute atomic E-state index is 12.9. The third kappa shape index (κ3) is 4.46. The molecule has 130 valence electrons. The van der Waals surface area contributed by atoms with Crippen molar-refractivity contribution in [2.75, 3.05) is 13.1 Å². The molecule has 0 aliphatic carbocycles. The normalized spacial score (nSPS) is 11.0. The predicted octanol–water partition coefficient (Wildman–Crippen LogP) is 2.15. The highest BCUT2D eigenvalue weighted by atomic mass is 19.3. The van der Waals surface area contributed by atoms with E-state index in [0.717, 1.165) is 9.58 Å². The van der Waals surface area contributed by atoms with Gasteiger partial charge in [0, 0.05) is 12.1 Å². The molecular formula is C15H16F3N3O3. The van der Waals surface area contributed by atoms with Gasteiger partial charge in [0.05, 0.1) is 6.54 Å². The van der Waals surface area contributed by atoms with E-state index in [2.05, 4.69) is 5.10 Å². The van der Waals surface area contributed by atoms with Gasteiger partial charge in [-0.15, -0.1) is 5.10 Å². The summed E-state index contributed by atoms with van der Waals surface area (Å²) in [6.07, 6.45) is -2.16. The van der Waals surface area contributed by atoms with Crippen LogP contribution in [0.4, 0.5) is 13.2 Å². The van der Waals surface area contributed by atoms with Crippen molar-refractivity contribution in [1.82, 2.24) is 14.7 Å². The number of hydrogen-bond acceptors (Lipinski definition) is 4. The monoisotopic (exact) mass is 343 g/mol. The largest absolute Gasteiger partial charge is 0.437 e. The average Bonchev–Trinajstić information content (AvgIpc) is 2.88. The minimum absolute atomic E-state index is 0.0799. The number of carbonyl (C=O) groups is 1. The van der Waals surface area contributed by atoms with E-state index in [0.29, 0.717) is 12.0 Å². The average molecular weight is 343 g/mol. The summed E-state index contributed by atoms with van der Waals surface area (Å²) in [7, 11) is 0. The molecule has 0 atom stereocenters. The zero-order chi connectivity index (χ0) is 17.7. The molecule has 6 nitrogen and oxygen atoms in total. The van der Waals surface area contributed by atoms with Gasteiger partial charge < -0.3 is 9.32 Å². The molecule has 0 radical (unpaired) electrons. The van der Waals surface area contributed by atoms with Gasteiger partial charge in [-0.25, -0.2) is 18.0 Å². The third-order valence-corrected chi connectivity index (χ3v) is 3.19. The number of alkyl halides is 2. The highest BCUT2D eigenvalue weighted by molar-refractivity contribution is 5.75. The van der Waals surface area contributed by atoms with Crippen molar-refractivity contribution in [2.45, 2.75) is 26.3 Å². The topological polar surface area (TPSA) is 68.3 Å². The van der Waals surface area contributed by atoms with Crippen LogP contribution in [0.5, 0.6) is 0 Å². The molecule has 0 aliphatic rings. The summed E-state index contributed by atoms with van der Waals surface area (Å²) in [5, 5.41) is 3.85. The molecule has 1 aromatic heterocycles. The number of rotatable bonds is 7. The Morgan fingerprint density at radius 1 is 1.33 bits per heavy atom. The molecule has 0 fully saturated rings. The van der Waals surface area contributed by atoms with E-state index in [9.17, 15) is 22.8 Å². The number of carbonyl (C=O) groups excluding carboxylic acids is 1. The Morgan fingerprint density at radius 3 is 2.58 bits per heavy atom. The van der Waals surface area contributed by atoms with Gasteiger partial charge in [-0.3, -0.25) is 4.79 Å². The van der Waals surface area contributed by atoms with E-state index in [4.69, 9.17) is 4.42 Å². The standard InChI is InChI=1S/C15H16F3N3O3/c1-2-7-20(8-12(17)18)13(22)9-21-15(23)24-14(19-21)10-3-5-11(16)6-4-10/h3-6,12H,2,7-9H2,1H3. The summed E-state index contributed by atoms with van der Waals surface area (Å²) in [5.41, 5.74) is 0.359. The molecule has 24 heavy (non-hydrogen) atoms. The van der Waals surface area contributed by atoms with Crippen molar-refractivity contribution in [2.24, 2.45) is 0 Å². The van der Waals surface area contributed by atoms with Gasteiger partial charge in [-0.2, -0.15) is 4.68 Å². The molecule has 0 spiro atoms. The van der Waals surface area contributed by atoms with Crippen molar-refractivity contribution in [1.29, 1.82) is 0 Å². The smallest absolute Gasteiger partial charge is 0.388 e. The first-order chi connectivity index (χ1) is 11.4. The van der Waals surface area contributed by atoms with Crippen molar-refractivity contribution in [3.8, 4) is 11.5 Å². The highest BCUT2D eigenvalue weighted by Crippen LogP contribution is 2.15. The Morgan fingerprint density at radius 2 is 2.00 bits per heavy atom. The lowest BCUT2D eigenvalue weighted by Gasteiger charge is -2.21. The van der Waals surface area contributed by atoms with Crippen LogP contribution >= 0.6 is 0 Å². The van der Waals surface area contributed by atoms with Crippen LogP contribution in [0.2, 0.25) is 0 Å². The summed E-state index contributed by atoms with van der Waals surface area (Å²) in [6.45, 7) is 0.696. The van der Waals surface area contributed by atoms with E-state index in [1.807, 2.05) is 0 Å². The fourth-order valence-electron chi connectivity index (χ4n) is 2.10. The first-order valence-corrected chi connectivity index (χ1v) is 7.30. The summed E-state index contributed by atoms with van der Waals surface area (Å²) < 4.78 is 43.6. The van der Waals surface area contributed by atoms with Crippen LogP contribution in [0.1, 0.15) is 13.3 Å². The first-order valence-electron chi connectivity index (χ1n) is 7.30. The number of halogens is 3. The zero-order valence-corrected chi connectivity index (χ0v) is 12.9. The maximum Gasteiger partial charge on any atom is 0.437 e. The molecule has 2 aromatic rings. The van der Waals surface area contributed by atoms with Crippen molar-refractivity contribution >= 4 is 5.91 Å². The number of benzene rings is 1. The van der Waals surface area contributed by atoms with Gasteiger partial charge in [-0.05, 0) is 30.7 Å². The molecule has 0 saturated carbocycles. The van der Waals surface area contributed by atoms with Crippen LogP contribution < -0.4 is 5.76 Å². The van der Waals surface area contributed by atoms with Crippen molar-refractivity contribution < 1.29 is 22.4 Å². The molecule has 0 unspecified atom stereocenters. The summed E-state index contributed by atoms with van der Waals surface area (Å²) in [4.78, 5) is 24.8. The molecule has 9 heteroatoms. The fraction of sp³-hybridized carbons (Fsp3) is 0.400. The predicted molar refractivity (Wildman–Crippen MR) is 79.0 cm³/mol. The van der Waals surface area contributed by atoms with Gasteiger partial charge >= 0.3 is 5.76 Å². The van der Waals surface area contributed by atoms with Gasteiger partial charge in [0.1, 0.15) is 12.4 Å². The maximum atomic E-state index is 12.9. The number of amides is 1. The summed E-state index contributed by atoms with van der Waals surface area (Å²) in [6, 6.07) is 5.08.